The Morgan fingerprint density at radius 1 is 1.31 bits per heavy atom. The van der Waals surface area contributed by atoms with Crippen molar-refractivity contribution >= 4 is 6.03 Å². The first kappa shape index (κ1) is 20.7. The molecule has 5 nitrogen and oxygen atoms in total. The van der Waals surface area contributed by atoms with E-state index in [1.54, 1.807) is 0 Å². The minimum absolute atomic E-state index is 0.0133. The number of benzene rings is 1. The maximum absolute atomic E-state index is 12.7. The Balaban J connectivity index is 1.90. The van der Waals surface area contributed by atoms with Crippen molar-refractivity contribution in [3.63, 3.8) is 0 Å². The Hall–Kier alpha value is -1.59. The van der Waals surface area contributed by atoms with Crippen LogP contribution in [-0.2, 0) is 22.6 Å². The fourth-order valence-corrected chi connectivity index (χ4v) is 3.15. The first-order chi connectivity index (χ1) is 12.6. The molecule has 1 aromatic rings. The molecule has 1 aromatic carbocycles. The molecule has 0 bridgehead atoms. The maximum Gasteiger partial charge on any atom is 0.317 e. The van der Waals surface area contributed by atoms with Gasteiger partial charge in [-0.05, 0) is 50.7 Å². The lowest BCUT2D eigenvalue weighted by Gasteiger charge is -2.30. The maximum atomic E-state index is 12.7. The fraction of sp³-hybridized carbons (Fsp3) is 0.667. The number of amides is 2. The normalized spacial score (nSPS) is 17.3. The number of hydrogen-bond donors (Lipinski definition) is 1. The summed E-state index contributed by atoms with van der Waals surface area (Å²) in [6.07, 6.45) is 4.67. The van der Waals surface area contributed by atoms with Gasteiger partial charge in [-0.15, -0.1) is 0 Å². The largest absolute Gasteiger partial charge is 0.376 e. The van der Waals surface area contributed by atoms with Crippen molar-refractivity contribution in [3.05, 3.63) is 35.4 Å². The Bertz CT molecular complexity index is 542. The van der Waals surface area contributed by atoms with Crippen molar-refractivity contribution in [1.29, 1.82) is 0 Å². The first-order valence-corrected chi connectivity index (χ1v) is 9.93. The Morgan fingerprint density at radius 2 is 2.08 bits per heavy atom. The minimum atomic E-state index is -0.0133. The van der Waals surface area contributed by atoms with E-state index < -0.39 is 0 Å². The molecule has 1 heterocycles. The summed E-state index contributed by atoms with van der Waals surface area (Å²) >= 11 is 0. The lowest BCUT2D eigenvalue weighted by molar-refractivity contribution is 0.000692. The monoisotopic (exact) mass is 362 g/mol. The van der Waals surface area contributed by atoms with Crippen molar-refractivity contribution in [2.24, 2.45) is 0 Å². The molecule has 0 radical (unpaired) electrons. The predicted octanol–water partition coefficient (Wildman–Crippen LogP) is 4.10. The van der Waals surface area contributed by atoms with Crippen molar-refractivity contribution in [3.8, 4) is 0 Å². The van der Waals surface area contributed by atoms with Gasteiger partial charge in [0.1, 0.15) is 0 Å². The van der Waals surface area contributed by atoms with Gasteiger partial charge in [-0.3, -0.25) is 0 Å². The van der Waals surface area contributed by atoms with E-state index in [4.69, 9.17) is 9.47 Å². The number of ether oxygens (including phenoxy) is 2. The standard InChI is InChI=1S/C21H34N2O3/c1-4-12-23(15-20-11-7-8-13-25-20)21(24)22-14-18-9-5-6-10-19(18)16-26-17(2)3/h5-6,9-10,17,20H,4,7-8,11-16H2,1-3H3,(H,22,24). The molecule has 2 rings (SSSR count). The van der Waals surface area contributed by atoms with Crippen LogP contribution >= 0.6 is 0 Å². The molecular weight excluding hydrogens is 328 g/mol. The third kappa shape index (κ3) is 6.96. The van der Waals surface area contributed by atoms with E-state index in [0.717, 1.165) is 43.5 Å². The SMILES string of the molecule is CCCN(CC1CCCCO1)C(=O)NCc1ccccc1COC(C)C. The summed E-state index contributed by atoms with van der Waals surface area (Å²) in [7, 11) is 0. The molecule has 0 saturated carbocycles. The van der Waals surface area contributed by atoms with Crippen molar-refractivity contribution in [2.75, 3.05) is 19.7 Å². The second kappa shape index (κ2) is 11.2. The van der Waals surface area contributed by atoms with Gasteiger partial charge in [0, 0.05) is 26.2 Å². The average Bonchev–Trinajstić information content (AvgIpc) is 2.65. The third-order valence-corrected chi connectivity index (χ3v) is 4.60. The van der Waals surface area contributed by atoms with Crippen LogP contribution in [0.15, 0.2) is 24.3 Å². The molecule has 146 valence electrons. The molecule has 0 spiro atoms. The summed E-state index contributed by atoms with van der Waals surface area (Å²) in [6, 6.07) is 8.10. The summed E-state index contributed by atoms with van der Waals surface area (Å²) in [6.45, 7) is 9.48. The van der Waals surface area contributed by atoms with Crippen LogP contribution in [0.25, 0.3) is 0 Å². The zero-order chi connectivity index (χ0) is 18.8. The predicted molar refractivity (Wildman–Crippen MR) is 104 cm³/mol. The summed E-state index contributed by atoms with van der Waals surface area (Å²) in [4.78, 5) is 14.6. The summed E-state index contributed by atoms with van der Waals surface area (Å²) < 4.78 is 11.5. The second-order valence-electron chi connectivity index (χ2n) is 7.22. The highest BCUT2D eigenvalue weighted by molar-refractivity contribution is 5.74. The number of hydrogen-bond acceptors (Lipinski definition) is 3. The molecule has 0 aromatic heterocycles. The third-order valence-electron chi connectivity index (χ3n) is 4.60. The van der Waals surface area contributed by atoms with E-state index in [1.807, 2.05) is 36.9 Å². The summed E-state index contributed by atoms with van der Waals surface area (Å²) in [5.41, 5.74) is 2.23. The highest BCUT2D eigenvalue weighted by Gasteiger charge is 2.21. The smallest absolute Gasteiger partial charge is 0.317 e. The zero-order valence-electron chi connectivity index (χ0n) is 16.5. The van der Waals surface area contributed by atoms with Gasteiger partial charge in [0.15, 0.2) is 0 Å². The topological polar surface area (TPSA) is 50.8 Å². The van der Waals surface area contributed by atoms with Crippen LogP contribution in [0.4, 0.5) is 4.79 Å². The van der Waals surface area contributed by atoms with Crippen LogP contribution in [0.5, 0.6) is 0 Å². The van der Waals surface area contributed by atoms with Gasteiger partial charge >= 0.3 is 6.03 Å². The van der Waals surface area contributed by atoms with Crippen LogP contribution in [0.2, 0.25) is 0 Å². The molecule has 5 heteroatoms. The van der Waals surface area contributed by atoms with E-state index in [2.05, 4.69) is 18.3 Å². The highest BCUT2D eigenvalue weighted by Crippen LogP contribution is 2.15. The number of urea groups is 1. The summed E-state index contributed by atoms with van der Waals surface area (Å²) in [5, 5.41) is 3.08. The molecule has 1 unspecified atom stereocenters. The lowest BCUT2D eigenvalue weighted by Crippen LogP contribution is -2.45. The van der Waals surface area contributed by atoms with Gasteiger partial charge in [-0.1, -0.05) is 31.2 Å². The molecule has 2 amide bonds. The number of carbonyl (C=O) groups is 1. The van der Waals surface area contributed by atoms with E-state index in [0.29, 0.717) is 19.7 Å². The number of carbonyl (C=O) groups excluding carboxylic acids is 1. The van der Waals surface area contributed by atoms with Crippen LogP contribution in [0.3, 0.4) is 0 Å². The van der Waals surface area contributed by atoms with Gasteiger partial charge in [-0.25, -0.2) is 4.79 Å². The zero-order valence-corrected chi connectivity index (χ0v) is 16.5. The molecule has 1 fully saturated rings. The highest BCUT2D eigenvalue weighted by atomic mass is 16.5. The van der Waals surface area contributed by atoms with Gasteiger partial charge < -0.3 is 19.7 Å². The summed E-state index contributed by atoms with van der Waals surface area (Å²) in [5.74, 6) is 0. The van der Waals surface area contributed by atoms with Crippen LogP contribution in [0.1, 0.15) is 57.6 Å². The Labute approximate surface area is 158 Å². The van der Waals surface area contributed by atoms with E-state index in [9.17, 15) is 4.79 Å². The molecule has 26 heavy (non-hydrogen) atoms. The molecule has 1 aliphatic rings. The van der Waals surface area contributed by atoms with Crippen LogP contribution < -0.4 is 5.32 Å². The van der Waals surface area contributed by atoms with Crippen molar-refractivity contribution in [1.82, 2.24) is 10.2 Å². The molecule has 1 N–H and O–H groups in total. The van der Waals surface area contributed by atoms with E-state index in [1.165, 1.54) is 6.42 Å². The average molecular weight is 363 g/mol. The molecule has 0 aliphatic carbocycles. The first-order valence-electron chi connectivity index (χ1n) is 9.93. The number of nitrogens with zero attached hydrogens (tertiary/aromatic N) is 1. The molecule has 1 aliphatic heterocycles. The second-order valence-corrected chi connectivity index (χ2v) is 7.22. The van der Waals surface area contributed by atoms with Gasteiger partial charge in [0.2, 0.25) is 0 Å². The molecule has 1 atom stereocenters. The van der Waals surface area contributed by atoms with Crippen molar-refractivity contribution in [2.45, 2.75) is 71.8 Å². The fourth-order valence-electron chi connectivity index (χ4n) is 3.15. The van der Waals surface area contributed by atoms with E-state index >= 15 is 0 Å². The molecular formula is C21H34N2O3. The quantitative estimate of drug-likeness (QED) is 0.719. The molecule has 1 saturated heterocycles. The van der Waals surface area contributed by atoms with Crippen LogP contribution in [-0.4, -0.2) is 42.8 Å². The Morgan fingerprint density at radius 3 is 2.73 bits per heavy atom. The number of nitrogens with one attached hydrogen (secondary N) is 1. The van der Waals surface area contributed by atoms with Gasteiger partial charge in [-0.2, -0.15) is 0 Å². The minimum Gasteiger partial charge on any atom is -0.376 e. The van der Waals surface area contributed by atoms with Gasteiger partial charge in [0.25, 0.3) is 0 Å². The van der Waals surface area contributed by atoms with Gasteiger partial charge in [0.05, 0.1) is 18.8 Å². The van der Waals surface area contributed by atoms with Crippen molar-refractivity contribution < 1.29 is 14.3 Å². The van der Waals surface area contributed by atoms with Crippen LogP contribution in [0, 0.1) is 0 Å². The Kier molecular flexibility index (Phi) is 8.92. The lowest BCUT2D eigenvalue weighted by atomic mass is 10.1. The number of rotatable bonds is 9. The van der Waals surface area contributed by atoms with E-state index in [-0.39, 0.29) is 18.2 Å².